The summed E-state index contributed by atoms with van der Waals surface area (Å²) in [7, 11) is 0. The summed E-state index contributed by atoms with van der Waals surface area (Å²) < 4.78 is 9.02. The molecule has 0 atom stereocenters. The molecule has 0 saturated heterocycles. The summed E-state index contributed by atoms with van der Waals surface area (Å²) in [6.07, 6.45) is 6.83. The minimum Gasteiger partial charge on any atom is -0.478 e. The Kier molecular flexibility index (Phi) is 5.93. The average Bonchev–Trinajstić information content (AvgIpc) is 3.60. The second-order valence-electron chi connectivity index (χ2n) is 9.53. The summed E-state index contributed by atoms with van der Waals surface area (Å²) in [5.74, 6) is -1.36. The normalized spacial score (nSPS) is 11.4. The van der Waals surface area contributed by atoms with Gasteiger partial charge in [0, 0.05) is 35.6 Å². The lowest BCUT2D eigenvalue weighted by Crippen LogP contribution is -2.07. The van der Waals surface area contributed by atoms with E-state index >= 15 is 0 Å². The first-order valence-electron chi connectivity index (χ1n) is 13.2. The van der Waals surface area contributed by atoms with Crippen LogP contribution in [0, 0.1) is 0 Å². The van der Waals surface area contributed by atoms with Crippen molar-refractivity contribution in [1.29, 1.82) is 0 Å². The zero-order chi connectivity index (χ0) is 28.8. The summed E-state index contributed by atoms with van der Waals surface area (Å²) in [4.78, 5) is 41.0. The number of nitrogens with zero attached hydrogens (tertiary/aromatic N) is 6. The molecule has 0 radical (unpaired) electrons. The molecule has 0 unspecified atom stereocenters. The van der Waals surface area contributed by atoms with Crippen LogP contribution < -0.4 is 0 Å². The van der Waals surface area contributed by atoms with Crippen molar-refractivity contribution in [3.05, 3.63) is 109 Å². The molecule has 0 aliphatic rings. The topological polar surface area (TPSA) is 124 Å². The molecule has 8 rings (SSSR count). The number of benzene rings is 2. The number of para-hydroxylation sites is 4. The average molecular weight is 555 g/mol. The molecule has 0 aliphatic carbocycles. The maximum absolute atomic E-state index is 12.3. The Morgan fingerprint density at radius 1 is 0.714 bits per heavy atom. The molecule has 8 aromatic rings. The quantitative estimate of drug-likeness (QED) is 0.266. The predicted molar refractivity (Wildman–Crippen MR) is 159 cm³/mol. The van der Waals surface area contributed by atoms with Gasteiger partial charge < -0.3 is 9.84 Å². The van der Waals surface area contributed by atoms with Crippen LogP contribution in [-0.2, 0) is 4.74 Å². The molecule has 0 aliphatic heterocycles. The van der Waals surface area contributed by atoms with E-state index in [-0.39, 0.29) is 11.5 Å². The third-order valence-electron chi connectivity index (χ3n) is 7.07. The Bertz CT molecular complexity index is 2340. The SMILES string of the molecule is CCOC(=O)c1cc2cnccc2n2c1nc1ccccc12.O=C(O)c1cc2cnccc2n2c1nc1ccccc12. The molecule has 42 heavy (non-hydrogen) atoms. The number of pyridine rings is 4. The molecule has 204 valence electrons. The molecule has 0 saturated carbocycles. The monoisotopic (exact) mass is 554 g/mol. The zero-order valence-corrected chi connectivity index (χ0v) is 22.3. The zero-order valence-electron chi connectivity index (χ0n) is 22.3. The first kappa shape index (κ1) is 25.1. The first-order chi connectivity index (χ1) is 20.5. The van der Waals surface area contributed by atoms with Crippen molar-refractivity contribution in [1.82, 2.24) is 28.7 Å². The lowest BCUT2D eigenvalue weighted by molar-refractivity contribution is 0.0527. The van der Waals surface area contributed by atoms with Gasteiger partial charge in [0.2, 0.25) is 0 Å². The fourth-order valence-electron chi connectivity index (χ4n) is 5.29. The molecule has 6 heterocycles. The van der Waals surface area contributed by atoms with Gasteiger partial charge in [0.25, 0.3) is 0 Å². The van der Waals surface area contributed by atoms with Crippen molar-refractivity contribution in [3.63, 3.8) is 0 Å². The van der Waals surface area contributed by atoms with E-state index in [4.69, 9.17) is 4.74 Å². The van der Waals surface area contributed by atoms with Crippen molar-refractivity contribution < 1.29 is 19.4 Å². The number of carboxylic acid groups (broad SMARTS) is 1. The van der Waals surface area contributed by atoms with Gasteiger partial charge in [-0.15, -0.1) is 0 Å². The van der Waals surface area contributed by atoms with E-state index in [0.29, 0.717) is 23.5 Å². The van der Waals surface area contributed by atoms with Gasteiger partial charge in [-0.2, -0.15) is 0 Å². The van der Waals surface area contributed by atoms with E-state index in [1.807, 2.05) is 69.5 Å². The highest BCUT2D eigenvalue weighted by Gasteiger charge is 2.19. The minimum absolute atomic E-state index is 0.182. The number of ether oxygens (including phenoxy) is 1. The summed E-state index contributed by atoms with van der Waals surface area (Å²) in [6.45, 7) is 2.12. The fraction of sp³-hybridized carbons (Fsp3) is 0.0625. The number of fused-ring (bicyclic) bond motifs is 10. The van der Waals surface area contributed by atoms with Gasteiger partial charge in [-0.05, 0) is 55.5 Å². The molecule has 0 spiro atoms. The van der Waals surface area contributed by atoms with E-state index in [9.17, 15) is 14.7 Å². The number of carboxylic acids is 1. The van der Waals surface area contributed by atoms with Crippen molar-refractivity contribution in [2.75, 3.05) is 6.61 Å². The maximum atomic E-state index is 12.3. The van der Waals surface area contributed by atoms with Crippen LogP contribution in [0.25, 0.3) is 55.2 Å². The molecular formula is C32H22N6O4. The Morgan fingerprint density at radius 3 is 1.74 bits per heavy atom. The highest BCUT2D eigenvalue weighted by Crippen LogP contribution is 2.27. The van der Waals surface area contributed by atoms with Crippen LogP contribution in [-0.4, -0.2) is 52.4 Å². The molecule has 10 heteroatoms. The molecule has 0 bridgehead atoms. The first-order valence-corrected chi connectivity index (χ1v) is 13.2. The summed E-state index contributed by atoms with van der Waals surface area (Å²) in [5, 5.41) is 11.0. The number of hydrogen-bond donors (Lipinski definition) is 1. The highest BCUT2D eigenvalue weighted by molar-refractivity contribution is 6.04. The van der Waals surface area contributed by atoms with Crippen LogP contribution in [0.3, 0.4) is 0 Å². The van der Waals surface area contributed by atoms with Gasteiger partial charge in [-0.25, -0.2) is 19.6 Å². The molecule has 0 fully saturated rings. The predicted octanol–water partition coefficient (Wildman–Crippen LogP) is 5.95. The van der Waals surface area contributed by atoms with E-state index in [1.165, 1.54) is 0 Å². The van der Waals surface area contributed by atoms with Crippen LogP contribution in [0.1, 0.15) is 27.6 Å². The van der Waals surface area contributed by atoms with Crippen LogP contribution >= 0.6 is 0 Å². The van der Waals surface area contributed by atoms with Crippen LogP contribution in [0.5, 0.6) is 0 Å². The fourth-order valence-corrected chi connectivity index (χ4v) is 5.29. The van der Waals surface area contributed by atoms with Crippen LogP contribution in [0.4, 0.5) is 0 Å². The molecule has 10 nitrogen and oxygen atoms in total. The Morgan fingerprint density at radius 2 is 1.21 bits per heavy atom. The number of aromatic nitrogens is 6. The molecular weight excluding hydrogens is 532 g/mol. The molecule has 2 aromatic carbocycles. The van der Waals surface area contributed by atoms with Gasteiger partial charge in [0.1, 0.15) is 11.1 Å². The Hall–Kier alpha value is -5.90. The number of hydrogen-bond acceptors (Lipinski definition) is 7. The number of aromatic carboxylic acids is 1. The van der Waals surface area contributed by atoms with Crippen LogP contribution in [0.15, 0.2) is 97.6 Å². The molecule has 6 aromatic heterocycles. The summed E-state index contributed by atoms with van der Waals surface area (Å²) >= 11 is 0. The minimum atomic E-state index is -0.990. The molecule has 0 amide bonds. The van der Waals surface area contributed by atoms with Crippen LogP contribution in [0.2, 0.25) is 0 Å². The maximum Gasteiger partial charge on any atom is 0.341 e. The van der Waals surface area contributed by atoms with Crippen molar-refractivity contribution in [2.45, 2.75) is 6.92 Å². The summed E-state index contributed by atoms with van der Waals surface area (Å²) in [5.41, 5.74) is 7.04. The van der Waals surface area contributed by atoms with Gasteiger partial charge in [0.15, 0.2) is 11.3 Å². The molecule has 1 N–H and O–H groups in total. The Balaban J connectivity index is 0.000000138. The van der Waals surface area contributed by atoms with E-state index in [1.54, 1.807) is 43.8 Å². The van der Waals surface area contributed by atoms with E-state index in [2.05, 4.69) is 19.9 Å². The number of carbonyl (C=O) groups is 2. The number of imidazole rings is 2. The van der Waals surface area contributed by atoms with Gasteiger partial charge in [-0.1, -0.05) is 24.3 Å². The third-order valence-corrected chi connectivity index (χ3v) is 7.07. The van der Waals surface area contributed by atoms with Crippen molar-refractivity contribution in [2.24, 2.45) is 0 Å². The largest absolute Gasteiger partial charge is 0.478 e. The second-order valence-corrected chi connectivity index (χ2v) is 9.53. The smallest absolute Gasteiger partial charge is 0.341 e. The standard InChI is InChI=1S/C17H13N3O2.C15H9N3O2/c1-2-22-17(21)12-9-11-10-18-8-7-14(11)20-15-6-4-3-5-13(15)19-16(12)20;19-15(20)10-7-9-8-16-6-5-12(9)18-13-4-2-1-3-11(13)17-14(10)18/h3-10H,2H2,1H3;1-8H,(H,19,20). The van der Waals surface area contributed by atoms with E-state index in [0.717, 1.165) is 43.9 Å². The summed E-state index contributed by atoms with van der Waals surface area (Å²) in [6, 6.07) is 22.6. The number of rotatable bonds is 3. The lowest BCUT2D eigenvalue weighted by atomic mass is 10.2. The number of carbonyl (C=O) groups excluding carboxylic acids is 1. The van der Waals surface area contributed by atoms with Crippen molar-refractivity contribution >= 4 is 67.1 Å². The highest BCUT2D eigenvalue weighted by atomic mass is 16.5. The van der Waals surface area contributed by atoms with Gasteiger partial charge in [0.05, 0.1) is 39.7 Å². The van der Waals surface area contributed by atoms with Crippen molar-refractivity contribution in [3.8, 4) is 0 Å². The lowest BCUT2D eigenvalue weighted by Gasteiger charge is -2.07. The Labute approximate surface area is 237 Å². The van der Waals surface area contributed by atoms with Gasteiger partial charge >= 0.3 is 11.9 Å². The second kappa shape index (κ2) is 9.93. The van der Waals surface area contributed by atoms with Gasteiger partial charge in [-0.3, -0.25) is 18.8 Å². The third kappa shape index (κ3) is 3.96. The van der Waals surface area contributed by atoms with E-state index < -0.39 is 5.97 Å². The number of esters is 1.